The monoisotopic (exact) mass is 947 g/mol. The van der Waals surface area contributed by atoms with Crippen LogP contribution in [0.5, 0.6) is 0 Å². The highest BCUT2D eigenvalue weighted by atomic mass is 28.3. The van der Waals surface area contributed by atoms with Crippen molar-refractivity contribution >= 4 is 59.6 Å². The van der Waals surface area contributed by atoms with Crippen molar-refractivity contribution in [2.45, 2.75) is 177 Å². The second-order valence-electron chi connectivity index (χ2n) is 27.6. The van der Waals surface area contributed by atoms with E-state index in [0.29, 0.717) is 0 Å². The van der Waals surface area contributed by atoms with E-state index in [1.54, 1.807) is 0 Å². The highest BCUT2D eigenvalue weighted by Crippen LogP contribution is 2.43. The van der Waals surface area contributed by atoms with Gasteiger partial charge in [-0.1, -0.05) is 199 Å². The van der Waals surface area contributed by atoms with Gasteiger partial charge in [0.25, 0.3) is 0 Å². The maximum Gasteiger partial charge on any atom is 0.0831 e. The van der Waals surface area contributed by atoms with Crippen LogP contribution in [0.1, 0.15) is 181 Å². The second kappa shape index (κ2) is 17.1. The van der Waals surface area contributed by atoms with Gasteiger partial charge < -0.3 is 9.97 Å². The van der Waals surface area contributed by atoms with Gasteiger partial charge in [-0.3, -0.25) is 0 Å². The molecule has 3 aromatic heterocycles. The van der Waals surface area contributed by atoms with Crippen molar-refractivity contribution in [3.8, 4) is 33.4 Å². The quantitative estimate of drug-likeness (QED) is 0.173. The third-order valence-electron chi connectivity index (χ3n) is 14.4. The molecule has 2 aliphatic heterocycles. The van der Waals surface area contributed by atoms with E-state index in [1.807, 2.05) is 0 Å². The standard InChI is InChI=1S/C65H82N4Si/c1-60(2,3)42-30-39(31-43(36-42)61(4,5)6)56-48-22-24-50(66-48)57(40-32-44(62(7,8)9)37-45(33-40)63(10,11)12)52-26-28-54(68-52)59(70(19,20)21)55-29-27-53(69-55)58(51-25-23-49(56)67-51)41-34-46(64(13,14)15)38-47(35-41)65(16,17)18/h22-38,66,69H,1-21H3. The fourth-order valence-electron chi connectivity index (χ4n) is 9.82. The van der Waals surface area contributed by atoms with Gasteiger partial charge in [-0.25, -0.2) is 9.97 Å². The van der Waals surface area contributed by atoms with Crippen LogP contribution in [0.15, 0.2) is 78.9 Å². The Kier molecular flexibility index (Phi) is 12.4. The first-order valence-corrected chi connectivity index (χ1v) is 29.2. The molecule has 5 heterocycles. The Morgan fingerprint density at radius 2 is 0.543 bits per heavy atom. The summed E-state index contributed by atoms with van der Waals surface area (Å²) < 4.78 is 0. The Hall–Kier alpha value is -5.52. The minimum absolute atomic E-state index is 0.0618. The van der Waals surface area contributed by atoms with Gasteiger partial charge in [0, 0.05) is 38.8 Å². The smallest absolute Gasteiger partial charge is 0.0831 e. The zero-order valence-electron chi connectivity index (χ0n) is 46.7. The van der Waals surface area contributed by atoms with E-state index in [0.717, 1.165) is 67.1 Å². The molecule has 5 heteroatoms. The summed E-state index contributed by atoms with van der Waals surface area (Å²) in [7, 11) is -2.04. The molecule has 0 spiro atoms. The summed E-state index contributed by atoms with van der Waals surface area (Å²) in [6.45, 7) is 49.1. The molecule has 4 nitrogen and oxygen atoms in total. The summed E-state index contributed by atoms with van der Waals surface area (Å²) in [5, 5.41) is 1.31. The molecule has 2 N–H and O–H groups in total. The van der Waals surface area contributed by atoms with Crippen LogP contribution in [-0.4, -0.2) is 28.0 Å². The van der Waals surface area contributed by atoms with E-state index in [2.05, 4.69) is 257 Å². The third kappa shape index (κ3) is 10.2. The predicted octanol–water partition coefficient (Wildman–Crippen LogP) is 18.0. The van der Waals surface area contributed by atoms with Gasteiger partial charge >= 0.3 is 0 Å². The molecule has 6 aromatic rings. The Morgan fingerprint density at radius 3 is 0.800 bits per heavy atom. The van der Waals surface area contributed by atoms with Crippen LogP contribution >= 0.6 is 0 Å². The molecule has 0 unspecified atom stereocenters. The normalized spacial score (nSPS) is 14.0. The number of fused-ring (bicyclic) bond motifs is 8. The molecule has 8 bridgehead atoms. The molecule has 3 aromatic carbocycles. The van der Waals surface area contributed by atoms with Crippen molar-refractivity contribution < 1.29 is 0 Å². The lowest BCUT2D eigenvalue weighted by molar-refractivity contribution is 0.568. The summed E-state index contributed by atoms with van der Waals surface area (Å²) in [4.78, 5) is 19.7. The van der Waals surface area contributed by atoms with Gasteiger partial charge in [0.1, 0.15) is 0 Å². The molecule has 70 heavy (non-hydrogen) atoms. The molecule has 366 valence electrons. The van der Waals surface area contributed by atoms with E-state index in [4.69, 9.17) is 9.97 Å². The largest absolute Gasteiger partial charge is 0.355 e. The van der Waals surface area contributed by atoms with Crippen LogP contribution < -0.4 is 5.19 Å². The Labute approximate surface area is 422 Å². The Balaban J connectivity index is 1.63. The van der Waals surface area contributed by atoms with E-state index in [1.165, 1.54) is 49.7 Å². The van der Waals surface area contributed by atoms with Crippen molar-refractivity contribution in [3.63, 3.8) is 0 Å². The van der Waals surface area contributed by atoms with Crippen molar-refractivity contribution in [3.05, 3.63) is 135 Å². The molecular formula is C65H82N4Si. The number of aromatic nitrogens is 4. The molecule has 0 saturated heterocycles. The average molecular weight is 947 g/mol. The van der Waals surface area contributed by atoms with Gasteiger partial charge in [0.2, 0.25) is 0 Å². The minimum atomic E-state index is -2.04. The number of nitrogens with one attached hydrogen (secondary N) is 2. The summed E-state index contributed by atoms with van der Waals surface area (Å²) in [5.41, 5.74) is 22.3. The van der Waals surface area contributed by atoms with Crippen molar-refractivity contribution in [2.75, 3.05) is 0 Å². The topological polar surface area (TPSA) is 57.4 Å². The van der Waals surface area contributed by atoms with E-state index in [-0.39, 0.29) is 32.5 Å². The van der Waals surface area contributed by atoms with Gasteiger partial charge in [-0.2, -0.15) is 0 Å². The molecule has 0 amide bonds. The summed E-state index contributed by atoms with van der Waals surface area (Å²) in [6.07, 6.45) is 9.03. The number of rotatable bonds is 4. The van der Waals surface area contributed by atoms with Crippen LogP contribution in [-0.2, 0) is 32.5 Å². The molecule has 0 fully saturated rings. The van der Waals surface area contributed by atoms with Crippen molar-refractivity contribution in [1.29, 1.82) is 0 Å². The first-order chi connectivity index (χ1) is 32.1. The zero-order valence-corrected chi connectivity index (χ0v) is 47.7. The van der Waals surface area contributed by atoms with Crippen LogP contribution in [0.2, 0.25) is 19.6 Å². The third-order valence-corrected chi connectivity index (χ3v) is 16.4. The van der Waals surface area contributed by atoms with Crippen LogP contribution in [0.25, 0.3) is 79.8 Å². The average Bonchev–Trinajstić information content (AvgIpc) is 4.06. The summed E-state index contributed by atoms with van der Waals surface area (Å²) in [6, 6.07) is 30.9. The second-order valence-corrected chi connectivity index (χ2v) is 32.6. The molecule has 2 aliphatic rings. The van der Waals surface area contributed by atoms with Crippen LogP contribution in [0.4, 0.5) is 0 Å². The van der Waals surface area contributed by atoms with E-state index >= 15 is 0 Å². The number of nitrogens with zero attached hydrogens (tertiary/aromatic N) is 2. The first-order valence-electron chi connectivity index (χ1n) is 25.7. The minimum Gasteiger partial charge on any atom is -0.355 e. The molecule has 8 rings (SSSR count). The van der Waals surface area contributed by atoms with Gasteiger partial charge in [-0.15, -0.1) is 0 Å². The lowest BCUT2D eigenvalue weighted by Crippen LogP contribution is -2.40. The fourth-order valence-corrected chi connectivity index (χ4v) is 11.7. The Morgan fingerprint density at radius 1 is 0.314 bits per heavy atom. The molecular weight excluding hydrogens is 865 g/mol. The van der Waals surface area contributed by atoms with Crippen LogP contribution in [0.3, 0.4) is 0 Å². The lowest BCUT2D eigenvalue weighted by Gasteiger charge is -2.26. The highest BCUT2D eigenvalue weighted by molar-refractivity contribution is 6.90. The molecule has 0 aliphatic carbocycles. The number of benzene rings is 3. The van der Waals surface area contributed by atoms with Gasteiger partial charge in [-0.05, 0) is 136 Å². The van der Waals surface area contributed by atoms with Crippen LogP contribution in [0, 0.1) is 0 Å². The SMILES string of the molecule is CC(C)(C)c1cc(-c2c3nc(c(-c4cc(C(C)(C)C)cc(C(C)(C)C)c4)c4ccc([nH]4)c([Si](C)(C)C)c4nc(c(-c5cc(C(C)(C)C)cc(C(C)(C)C)c5)c5ccc2[nH]5)C=C4)C=C3)cc(C(C)(C)C)c1. The van der Waals surface area contributed by atoms with Crippen molar-refractivity contribution in [2.24, 2.45) is 0 Å². The zero-order chi connectivity index (χ0) is 51.5. The van der Waals surface area contributed by atoms with Gasteiger partial charge in [0.05, 0.1) is 30.8 Å². The number of hydrogen-bond acceptors (Lipinski definition) is 2. The Bertz CT molecular complexity index is 3110. The maximum absolute atomic E-state index is 5.79. The first kappa shape index (κ1) is 50.9. The van der Waals surface area contributed by atoms with Crippen molar-refractivity contribution in [1.82, 2.24) is 19.9 Å². The highest BCUT2D eigenvalue weighted by Gasteiger charge is 2.29. The molecule has 0 saturated carbocycles. The number of hydrogen-bond donors (Lipinski definition) is 2. The summed E-state index contributed by atoms with van der Waals surface area (Å²) >= 11 is 0. The predicted molar refractivity (Wildman–Crippen MR) is 310 cm³/mol. The maximum atomic E-state index is 5.79. The van der Waals surface area contributed by atoms with E-state index < -0.39 is 8.07 Å². The fraction of sp³-hybridized carbons (Fsp3) is 0.415. The number of H-pyrrole nitrogens is 2. The molecule has 0 atom stereocenters. The van der Waals surface area contributed by atoms with Gasteiger partial charge in [0.15, 0.2) is 0 Å². The number of aromatic amines is 2. The lowest BCUT2D eigenvalue weighted by atomic mass is 9.78. The molecule has 0 radical (unpaired) electrons. The van der Waals surface area contributed by atoms with E-state index in [9.17, 15) is 0 Å². The summed E-state index contributed by atoms with van der Waals surface area (Å²) in [5.74, 6) is 0.